The molecule has 0 atom stereocenters. The minimum atomic E-state index is -0.409. The molecular weight excluding hydrogens is 384 g/mol. The van der Waals surface area contributed by atoms with Gasteiger partial charge in [0.1, 0.15) is 0 Å². The Morgan fingerprint density at radius 2 is 1.86 bits per heavy atom. The Balaban J connectivity index is 1.28. The number of carbonyl (C=O) groups excluding carboxylic acids is 2. The zero-order valence-corrected chi connectivity index (χ0v) is 17.1. The Morgan fingerprint density at radius 1 is 1.10 bits per heavy atom. The van der Waals surface area contributed by atoms with E-state index < -0.39 is 5.97 Å². The van der Waals surface area contributed by atoms with Gasteiger partial charge in [-0.05, 0) is 42.2 Å². The van der Waals surface area contributed by atoms with Gasteiger partial charge < -0.3 is 9.64 Å². The Bertz CT molecular complexity index is 1070. The summed E-state index contributed by atoms with van der Waals surface area (Å²) >= 11 is 1.32. The number of carbonyl (C=O) groups is 2. The molecule has 29 heavy (non-hydrogen) atoms. The summed E-state index contributed by atoms with van der Waals surface area (Å²) in [7, 11) is 0. The van der Waals surface area contributed by atoms with Crippen molar-refractivity contribution in [2.45, 2.75) is 24.9 Å². The largest absolute Gasteiger partial charge is 0.455 e. The molecule has 0 N–H and O–H groups in total. The van der Waals surface area contributed by atoms with E-state index in [4.69, 9.17) is 4.74 Å². The fourth-order valence-corrected chi connectivity index (χ4v) is 4.28. The Labute approximate surface area is 174 Å². The summed E-state index contributed by atoms with van der Waals surface area (Å²) in [6.07, 6.45) is 0.832. The van der Waals surface area contributed by atoms with Crippen LogP contribution >= 0.6 is 11.8 Å². The third kappa shape index (κ3) is 4.59. The van der Waals surface area contributed by atoms with Gasteiger partial charge in [-0.15, -0.1) is 0 Å². The first-order chi connectivity index (χ1) is 14.1. The highest BCUT2D eigenvalue weighted by molar-refractivity contribution is 7.99. The van der Waals surface area contributed by atoms with E-state index in [-0.39, 0.29) is 18.3 Å². The van der Waals surface area contributed by atoms with Crippen molar-refractivity contribution in [3.8, 4) is 0 Å². The second kappa shape index (κ2) is 8.66. The molecule has 1 aliphatic heterocycles. The molecule has 0 saturated carbocycles. The van der Waals surface area contributed by atoms with Crippen molar-refractivity contribution in [2.75, 3.05) is 18.9 Å². The molecule has 1 amide bonds. The molecule has 148 valence electrons. The molecule has 3 aromatic rings. The van der Waals surface area contributed by atoms with Gasteiger partial charge in [-0.25, -0.2) is 4.98 Å². The molecular formula is C23H22N2O3S. The average Bonchev–Trinajstić information content (AvgIpc) is 2.75. The predicted molar refractivity (Wildman–Crippen MR) is 114 cm³/mol. The molecule has 0 aliphatic carbocycles. The maximum absolute atomic E-state index is 12.4. The zero-order valence-electron chi connectivity index (χ0n) is 16.3. The number of para-hydroxylation sites is 1. The maximum Gasteiger partial charge on any atom is 0.316 e. The number of ether oxygens (including phenoxy) is 1. The number of amides is 1. The second-order valence-corrected chi connectivity index (χ2v) is 8.07. The van der Waals surface area contributed by atoms with Crippen LogP contribution in [-0.2, 0) is 27.3 Å². The standard InChI is InChI=1S/C23H22N2O3S/c1-16-12-21(24-20-9-5-4-8-19(16)20)29-15-23(27)28-14-22(26)25-11-10-17-6-2-3-7-18(17)13-25/h2-9,12H,10-11,13-15H2,1H3. The number of benzene rings is 2. The summed E-state index contributed by atoms with van der Waals surface area (Å²) in [6.45, 7) is 3.04. The molecule has 4 rings (SSSR count). The van der Waals surface area contributed by atoms with E-state index in [2.05, 4.69) is 11.1 Å². The van der Waals surface area contributed by atoms with Crippen LogP contribution in [0.1, 0.15) is 16.7 Å². The number of aryl methyl sites for hydroxylation is 1. The lowest BCUT2D eigenvalue weighted by Gasteiger charge is -2.28. The van der Waals surface area contributed by atoms with Crippen LogP contribution in [0.3, 0.4) is 0 Å². The van der Waals surface area contributed by atoms with E-state index in [1.54, 1.807) is 4.90 Å². The minimum Gasteiger partial charge on any atom is -0.455 e. The number of nitrogens with zero attached hydrogens (tertiary/aromatic N) is 2. The Kier molecular flexibility index (Phi) is 5.81. The number of fused-ring (bicyclic) bond motifs is 2. The van der Waals surface area contributed by atoms with Crippen molar-refractivity contribution >= 4 is 34.5 Å². The van der Waals surface area contributed by atoms with Crippen LogP contribution < -0.4 is 0 Å². The maximum atomic E-state index is 12.4. The van der Waals surface area contributed by atoms with Gasteiger partial charge in [0.2, 0.25) is 0 Å². The molecule has 2 heterocycles. The number of pyridine rings is 1. The van der Waals surface area contributed by atoms with Crippen molar-refractivity contribution < 1.29 is 14.3 Å². The molecule has 0 spiro atoms. The summed E-state index contributed by atoms with van der Waals surface area (Å²) in [4.78, 5) is 30.8. The van der Waals surface area contributed by atoms with Crippen LogP contribution in [0.5, 0.6) is 0 Å². The third-order valence-electron chi connectivity index (χ3n) is 5.08. The summed E-state index contributed by atoms with van der Waals surface area (Å²) < 4.78 is 5.21. The third-order valence-corrected chi connectivity index (χ3v) is 5.96. The van der Waals surface area contributed by atoms with Crippen LogP contribution in [0.4, 0.5) is 0 Å². The van der Waals surface area contributed by atoms with Gasteiger partial charge >= 0.3 is 5.97 Å². The van der Waals surface area contributed by atoms with Crippen molar-refractivity contribution in [1.29, 1.82) is 0 Å². The van der Waals surface area contributed by atoms with E-state index in [1.807, 2.05) is 55.5 Å². The summed E-state index contributed by atoms with van der Waals surface area (Å²) in [5.41, 5.74) is 4.46. The molecule has 0 saturated heterocycles. The van der Waals surface area contributed by atoms with E-state index in [0.717, 1.165) is 33.5 Å². The van der Waals surface area contributed by atoms with Gasteiger partial charge in [-0.2, -0.15) is 0 Å². The van der Waals surface area contributed by atoms with Crippen molar-refractivity contribution in [1.82, 2.24) is 9.88 Å². The smallest absolute Gasteiger partial charge is 0.316 e. The molecule has 0 bridgehead atoms. The highest BCUT2D eigenvalue weighted by atomic mass is 32.2. The SMILES string of the molecule is Cc1cc(SCC(=O)OCC(=O)N2CCc3ccccc3C2)nc2ccccc12. The van der Waals surface area contributed by atoms with E-state index in [9.17, 15) is 9.59 Å². The lowest BCUT2D eigenvalue weighted by atomic mass is 10.00. The van der Waals surface area contributed by atoms with Crippen LogP contribution in [0, 0.1) is 6.92 Å². The number of esters is 1. The number of aromatic nitrogens is 1. The lowest BCUT2D eigenvalue weighted by Crippen LogP contribution is -2.38. The van der Waals surface area contributed by atoms with Gasteiger partial charge in [0.25, 0.3) is 5.91 Å². The van der Waals surface area contributed by atoms with E-state index in [0.29, 0.717) is 13.1 Å². The number of hydrogen-bond acceptors (Lipinski definition) is 5. The fourth-order valence-electron chi connectivity index (χ4n) is 3.51. The van der Waals surface area contributed by atoms with Crippen LogP contribution in [0.25, 0.3) is 10.9 Å². The molecule has 5 nitrogen and oxygen atoms in total. The van der Waals surface area contributed by atoms with Crippen molar-refractivity contribution in [3.63, 3.8) is 0 Å². The first kappa shape index (κ1) is 19.5. The van der Waals surface area contributed by atoms with E-state index in [1.165, 1.54) is 17.3 Å². The van der Waals surface area contributed by atoms with Crippen molar-refractivity contribution in [3.05, 3.63) is 71.3 Å². The molecule has 6 heteroatoms. The fraction of sp³-hybridized carbons (Fsp3) is 0.261. The number of hydrogen-bond donors (Lipinski definition) is 0. The average molecular weight is 407 g/mol. The summed E-state index contributed by atoms with van der Waals surface area (Å²) in [5, 5.41) is 1.88. The van der Waals surface area contributed by atoms with Crippen LogP contribution in [0.15, 0.2) is 59.6 Å². The normalized spacial score (nSPS) is 13.2. The van der Waals surface area contributed by atoms with Crippen LogP contribution in [-0.4, -0.2) is 40.7 Å². The van der Waals surface area contributed by atoms with Gasteiger partial charge in [-0.1, -0.05) is 54.2 Å². The highest BCUT2D eigenvalue weighted by Crippen LogP contribution is 2.23. The molecule has 0 unspecified atom stereocenters. The summed E-state index contributed by atoms with van der Waals surface area (Å²) in [6, 6.07) is 18.0. The first-order valence-electron chi connectivity index (χ1n) is 9.59. The van der Waals surface area contributed by atoms with Crippen molar-refractivity contribution in [2.24, 2.45) is 0 Å². The molecule has 1 aromatic heterocycles. The highest BCUT2D eigenvalue weighted by Gasteiger charge is 2.21. The number of thioether (sulfide) groups is 1. The van der Waals surface area contributed by atoms with Gasteiger partial charge in [-0.3, -0.25) is 9.59 Å². The first-order valence-corrected chi connectivity index (χ1v) is 10.6. The predicted octanol–water partition coefficient (Wildman–Crippen LogP) is 3.76. The van der Waals surface area contributed by atoms with Gasteiger partial charge in [0.05, 0.1) is 16.3 Å². The Hall–Kier alpha value is -2.86. The second-order valence-electron chi connectivity index (χ2n) is 7.08. The molecule has 0 fully saturated rings. The molecule has 0 radical (unpaired) electrons. The zero-order chi connectivity index (χ0) is 20.2. The quantitative estimate of drug-likeness (QED) is 0.477. The number of rotatable bonds is 5. The summed E-state index contributed by atoms with van der Waals surface area (Å²) in [5.74, 6) is -0.438. The minimum absolute atomic E-state index is 0.126. The van der Waals surface area contributed by atoms with Crippen LogP contribution in [0.2, 0.25) is 0 Å². The van der Waals surface area contributed by atoms with Gasteiger partial charge in [0, 0.05) is 18.5 Å². The van der Waals surface area contributed by atoms with E-state index >= 15 is 0 Å². The monoisotopic (exact) mass is 406 g/mol. The molecule has 2 aromatic carbocycles. The topological polar surface area (TPSA) is 59.5 Å². The Morgan fingerprint density at radius 3 is 2.72 bits per heavy atom. The van der Waals surface area contributed by atoms with Gasteiger partial charge in [0.15, 0.2) is 6.61 Å². The molecule has 1 aliphatic rings. The lowest BCUT2D eigenvalue weighted by molar-refractivity contribution is -0.150.